The van der Waals surface area contributed by atoms with Gasteiger partial charge in [-0.05, 0) is 43.4 Å². The largest absolute Gasteiger partial charge is 0.306 e. The second-order valence-corrected chi connectivity index (χ2v) is 5.40. The van der Waals surface area contributed by atoms with Crippen molar-refractivity contribution in [3.8, 4) is 0 Å². The summed E-state index contributed by atoms with van der Waals surface area (Å²) in [4.78, 5) is 2.50. The number of hydrogen-bond acceptors (Lipinski definition) is 2. The van der Waals surface area contributed by atoms with E-state index in [1.807, 2.05) is 0 Å². The van der Waals surface area contributed by atoms with E-state index in [0.29, 0.717) is 0 Å². The van der Waals surface area contributed by atoms with Gasteiger partial charge in [-0.1, -0.05) is 20.3 Å². The fourth-order valence-corrected chi connectivity index (χ4v) is 2.52. The summed E-state index contributed by atoms with van der Waals surface area (Å²) in [6, 6.07) is 0. The van der Waals surface area contributed by atoms with Gasteiger partial charge in [0.2, 0.25) is 0 Å². The van der Waals surface area contributed by atoms with Crippen LogP contribution in [0.3, 0.4) is 0 Å². The summed E-state index contributed by atoms with van der Waals surface area (Å²) in [6.45, 7) is 7.16. The number of rotatable bonds is 7. The Morgan fingerprint density at radius 3 is 2.57 bits per heavy atom. The maximum absolute atomic E-state index is 4.42. The van der Waals surface area contributed by atoms with E-state index in [1.54, 1.807) is 0 Å². The van der Waals surface area contributed by atoms with Gasteiger partial charge >= 0.3 is 0 Å². The van der Waals surface area contributed by atoms with E-state index in [-0.39, 0.29) is 0 Å². The monoisotopic (exact) mass is 215 g/mol. The molecule has 0 spiro atoms. The number of thiol groups is 1. The third kappa shape index (κ3) is 4.22. The van der Waals surface area contributed by atoms with E-state index in [1.165, 1.54) is 32.4 Å². The van der Waals surface area contributed by atoms with Gasteiger partial charge < -0.3 is 4.90 Å². The zero-order valence-electron chi connectivity index (χ0n) is 9.87. The van der Waals surface area contributed by atoms with Crippen molar-refractivity contribution < 1.29 is 0 Å². The SMILES string of the molecule is CCCC(CS)CN(C)CC1CC1C. The van der Waals surface area contributed by atoms with E-state index in [4.69, 9.17) is 0 Å². The highest BCUT2D eigenvalue weighted by Crippen LogP contribution is 2.38. The molecular formula is C12H25NS. The predicted octanol–water partition coefficient (Wildman–Crippen LogP) is 2.92. The molecule has 1 aliphatic rings. The topological polar surface area (TPSA) is 3.24 Å². The highest BCUT2D eigenvalue weighted by Gasteiger charge is 2.33. The Kier molecular flexibility index (Phi) is 5.32. The Hall–Kier alpha value is 0.310. The lowest BCUT2D eigenvalue weighted by Crippen LogP contribution is -2.28. The van der Waals surface area contributed by atoms with Gasteiger partial charge in [0.15, 0.2) is 0 Å². The van der Waals surface area contributed by atoms with E-state index in [2.05, 4.69) is 38.4 Å². The van der Waals surface area contributed by atoms with Gasteiger partial charge in [-0.15, -0.1) is 0 Å². The Bertz CT molecular complexity index is 160. The Balaban J connectivity index is 2.13. The van der Waals surface area contributed by atoms with Crippen LogP contribution in [0.4, 0.5) is 0 Å². The third-order valence-corrected chi connectivity index (χ3v) is 3.86. The first-order chi connectivity index (χ1) is 6.67. The number of nitrogens with zero attached hydrogens (tertiary/aromatic N) is 1. The second kappa shape index (κ2) is 6.02. The summed E-state index contributed by atoms with van der Waals surface area (Å²) >= 11 is 4.42. The summed E-state index contributed by atoms with van der Waals surface area (Å²) in [6.07, 6.45) is 4.07. The minimum Gasteiger partial charge on any atom is -0.306 e. The molecule has 14 heavy (non-hydrogen) atoms. The number of hydrogen-bond donors (Lipinski definition) is 1. The summed E-state index contributed by atoms with van der Waals surface area (Å²) in [7, 11) is 2.26. The fourth-order valence-electron chi connectivity index (χ4n) is 2.22. The zero-order valence-corrected chi connectivity index (χ0v) is 10.8. The van der Waals surface area contributed by atoms with Crippen LogP contribution in [-0.4, -0.2) is 30.8 Å². The molecule has 1 fully saturated rings. The minimum atomic E-state index is 0.794. The van der Waals surface area contributed by atoms with Crippen molar-refractivity contribution in [2.45, 2.75) is 33.1 Å². The predicted molar refractivity (Wildman–Crippen MR) is 67.0 cm³/mol. The van der Waals surface area contributed by atoms with Crippen LogP contribution in [0.25, 0.3) is 0 Å². The van der Waals surface area contributed by atoms with Crippen LogP contribution in [0.2, 0.25) is 0 Å². The van der Waals surface area contributed by atoms with E-state index < -0.39 is 0 Å². The molecule has 1 nitrogen and oxygen atoms in total. The fraction of sp³-hybridized carbons (Fsp3) is 1.00. The molecule has 0 aromatic carbocycles. The van der Waals surface area contributed by atoms with Crippen LogP contribution in [0.5, 0.6) is 0 Å². The summed E-state index contributed by atoms with van der Waals surface area (Å²) in [5.41, 5.74) is 0. The van der Waals surface area contributed by atoms with Crippen molar-refractivity contribution in [1.29, 1.82) is 0 Å². The van der Waals surface area contributed by atoms with Gasteiger partial charge in [0.05, 0.1) is 0 Å². The van der Waals surface area contributed by atoms with Crippen molar-refractivity contribution in [2.24, 2.45) is 17.8 Å². The normalized spacial score (nSPS) is 28.1. The maximum Gasteiger partial charge on any atom is 0.00145 e. The quantitative estimate of drug-likeness (QED) is 0.639. The molecule has 0 aromatic heterocycles. The van der Waals surface area contributed by atoms with Gasteiger partial charge in [0.1, 0.15) is 0 Å². The second-order valence-electron chi connectivity index (χ2n) is 5.03. The molecule has 0 aromatic rings. The molecule has 0 bridgehead atoms. The molecule has 1 aliphatic carbocycles. The molecule has 0 N–H and O–H groups in total. The Labute approximate surface area is 94.7 Å². The molecule has 0 radical (unpaired) electrons. The highest BCUT2D eigenvalue weighted by molar-refractivity contribution is 7.80. The molecule has 1 saturated carbocycles. The van der Waals surface area contributed by atoms with Crippen LogP contribution in [0.1, 0.15) is 33.1 Å². The van der Waals surface area contributed by atoms with Crippen molar-refractivity contribution in [3.05, 3.63) is 0 Å². The van der Waals surface area contributed by atoms with E-state index in [9.17, 15) is 0 Å². The lowest BCUT2D eigenvalue weighted by atomic mass is 10.1. The van der Waals surface area contributed by atoms with Crippen LogP contribution in [0, 0.1) is 17.8 Å². The standard InChI is InChI=1S/C12H25NS/c1-4-5-11(9-14)7-13(3)8-12-6-10(12)2/h10-12,14H,4-9H2,1-3H3. The summed E-state index contributed by atoms with van der Waals surface area (Å²) in [5, 5.41) is 0. The maximum atomic E-state index is 4.42. The average Bonchev–Trinajstić information content (AvgIpc) is 2.80. The lowest BCUT2D eigenvalue weighted by molar-refractivity contribution is 0.267. The molecular weight excluding hydrogens is 190 g/mol. The Morgan fingerprint density at radius 2 is 2.14 bits per heavy atom. The van der Waals surface area contributed by atoms with Gasteiger partial charge in [-0.3, -0.25) is 0 Å². The Morgan fingerprint density at radius 1 is 1.50 bits per heavy atom. The van der Waals surface area contributed by atoms with Crippen LogP contribution in [-0.2, 0) is 0 Å². The smallest absolute Gasteiger partial charge is 0.00145 e. The molecule has 3 unspecified atom stereocenters. The molecule has 2 heteroatoms. The molecule has 0 aliphatic heterocycles. The van der Waals surface area contributed by atoms with Crippen molar-refractivity contribution in [3.63, 3.8) is 0 Å². The molecule has 1 rings (SSSR count). The average molecular weight is 215 g/mol. The van der Waals surface area contributed by atoms with Gasteiger partial charge in [0.25, 0.3) is 0 Å². The molecule has 0 amide bonds. The molecule has 84 valence electrons. The first kappa shape index (κ1) is 12.4. The van der Waals surface area contributed by atoms with Gasteiger partial charge in [-0.25, -0.2) is 0 Å². The molecule has 0 saturated heterocycles. The van der Waals surface area contributed by atoms with Crippen LogP contribution < -0.4 is 0 Å². The third-order valence-electron chi connectivity index (χ3n) is 3.35. The van der Waals surface area contributed by atoms with Crippen molar-refractivity contribution in [1.82, 2.24) is 4.90 Å². The molecule has 0 heterocycles. The summed E-state index contributed by atoms with van der Waals surface area (Å²) < 4.78 is 0. The zero-order chi connectivity index (χ0) is 10.6. The van der Waals surface area contributed by atoms with Crippen molar-refractivity contribution in [2.75, 3.05) is 25.9 Å². The van der Waals surface area contributed by atoms with Gasteiger partial charge in [-0.2, -0.15) is 12.6 Å². The lowest BCUT2D eigenvalue weighted by Gasteiger charge is -2.22. The van der Waals surface area contributed by atoms with Crippen LogP contribution in [0.15, 0.2) is 0 Å². The first-order valence-electron chi connectivity index (χ1n) is 5.96. The highest BCUT2D eigenvalue weighted by atomic mass is 32.1. The van der Waals surface area contributed by atoms with Crippen molar-refractivity contribution >= 4 is 12.6 Å². The first-order valence-corrected chi connectivity index (χ1v) is 6.60. The molecule has 3 atom stereocenters. The van der Waals surface area contributed by atoms with Gasteiger partial charge in [0, 0.05) is 13.1 Å². The van der Waals surface area contributed by atoms with E-state index in [0.717, 1.165) is 23.5 Å². The minimum absolute atomic E-state index is 0.794. The summed E-state index contributed by atoms with van der Waals surface area (Å²) in [5.74, 6) is 3.81. The van der Waals surface area contributed by atoms with Crippen LogP contribution >= 0.6 is 12.6 Å². The van der Waals surface area contributed by atoms with E-state index >= 15 is 0 Å².